The molecule has 0 heterocycles. The Hall–Kier alpha value is -0.780. The second-order valence-corrected chi connectivity index (χ2v) is 1.28. The molecule has 0 spiro atoms. The van der Waals surface area contributed by atoms with Crippen LogP contribution in [-0.2, 0) is 14.6 Å². The Balaban J connectivity index is 3.64. The molecule has 0 amide bonds. The van der Waals surface area contributed by atoms with Crippen molar-refractivity contribution in [3.8, 4) is 0 Å². The summed E-state index contributed by atoms with van der Waals surface area (Å²) in [5.74, 6) is -2.34. The first-order valence-corrected chi connectivity index (χ1v) is 2.39. The highest BCUT2D eigenvalue weighted by Crippen LogP contribution is 2.16. The fourth-order valence-corrected chi connectivity index (χ4v) is 0.160. The van der Waals surface area contributed by atoms with Gasteiger partial charge >= 0.3 is 12.1 Å². The Labute approximate surface area is 54.6 Å². The SMILES string of the molecule is CCOOC(=O)C(F)(F)F. The molecule has 0 unspecified atom stereocenters. The van der Waals surface area contributed by atoms with Crippen molar-refractivity contribution >= 4 is 5.97 Å². The molecule has 0 aromatic rings. The summed E-state index contributed by atoms with van der Waals surface area (Å²) in [4.78, 5) is 16.8. The van der Waals surface area contributed by atoms with Crippen molar-refractivity contribution in [2.75, 3.05) is 6.61 Å². The van der Waals surface area contributed by atoms with Crippen molar-refractivity contribution in [2.24, 2.45) is 0 Å². The van der Waals surface area contributed by atoms with Crippen LogP contribution in [0, 0.1) is 0 Å². The van der Waals surface area contributed by atoms with E-state index >= 15 is 0 Å². The van der Waals surface area contributed by atoms with Crippen LogP contribution in [-0.4, -0.2) is 18.8 Å². The van der Waals surface area contributed by atoms with Gasteiger partial charge in [0.05, 0.1) is 6.61 Å². The van der Waals surface area contributed by atoms with Gasteiger partial charge in [-0.3, -0.25) is 4.89 Å². The molecule has 6 heteroatoms. The maximum absolute atomic E-state index is 11.2. The minimum absolute atomic E-state index is 0.109. The topological polar surface area (TPSA) is 35.5 Å². The highest BCUT2D eigenvalue weighted by Gasteiger charge is 2.42. The lowest BCUT2D eigenvalue weighted by atomic mass is 10.7. The van der Waals surface area contributed by atoms with Crippen LogP contribution >= 0.6 is 0 Å². The molecule has 0 aliphatic rings. The lowest BCUT2D eigenvalue weighted by Gasteiger charge is -2.02. The van der Waals surface area contributed by atoms with Crippen LogP contribution in [0.5, 0.6) is 0 Å². The third-order valence-electron chi connectivity index (χ3n) is 0.484. The van der Waals surface area contributed by atoms with Gasteiger partial charge in [-0.05, 0) is 6.92 Å². The summed E-state index contributed by atoms with van der Waals surface area (Å²) in [5.41, 5.74) is 0. The lowest BCUT2D eigenvalue weighted by molar-refractivity contribution is -0.298. The molecule has 0 atom stereocenters. The lowest BCUT2D eigenvalue weighted by Crippen LogP contribution is -2.25. The Kier molecular flexibility index (Phi) is 3.14. The molecular weight excluding hydrogens is 153 g/mol. The molecule has 0 saturated heterocycles. The quantitative estimate of drug-likeness (QED) is 0.445. The molecule has 0 radical (unpaired) electrons. The van der Waals surface area contributed by atoms with Crippen LogP contribution in [0.1, 0.15) is 6.92 Å². The van der Waals surface area contributed by atoms with Gasteiger partial charge in [0.15, 0.2) is 0 Å². The molecular formula is C4H5F3O3. The highest BCUT2D eigenvalue weighted by atomic mass is 19.4. The van der Waals surface area contributed by atoms with Gasteiger partial charge in [0.2, 0.25) is 0 Å². The molecule has 0 N–H and O–H groups in total. The largest absolute Gasteiger partial charge is 0.494 e. The van der Waals surface area contributed by atoms with Crippen molar-refractivity contribution in [2.45, 2.75) is 13.1 Å². The van der Waals surface area contributed by atoms with Gasteiger partial charge in [0, 0.05) is 0 Å². The summed E-state index contributed by atoms with van der Waals surface area (Å²) in [6, 6.07) is 0. The summed E-state index contributed by atoms with van der Waals surface area (Å²) in [5, 5.41) is 0. The maximum Gasteiger partial charge on any atom is 0.494 e. The third-order valence-corrected chi connectivity index (χ3v) is 0.484. The first-order valence-electron chi connectivity index (χ1n) is 2.39. The summed E-state index contributed by atoms with van der Waals surface area (Å²) in [6.07, 6.45) is -4.98. The zero-order valence-electron chi connectivity index (χ0n) is 5.07. The molecule has 0 aromatic carbocycles. The van der Waals surface area contributed by atoms with Crippen LogP contribution < -0.4 is 0 Å². The van der Waals surface area contributed by atoms with E-state index in [1.807, 2.05) is 0 Å². The van der Waals surface area contributed by atoms with Gasteiger partial charge in [-0.25, -0.2) is 4.79 Å². The molecule has 0 bridgehead atoms. The number of rotatable bonds is 2. The van der Waals surface area contributed by atoms with E-state index in [9.17, 15) is 18.0 Å². The van der Waals surface area contributed by atoms with Crippen LogP contribution in [0.4, 0.5) is 13.2 Å². The van der Waals surface area contributed by atoms with Crippen LogP contribution in [0.15, 0.2) is 0 Å². The summed E-state index contributed by atoms with van der Waals surface area (Å²) in [7, 11) is 0. The van der Waals surface area contributed by atoms with Gasteiger partial charge in [-0.15, -0.1) is 0 Å². The van der Waals surface area contributed by atoms with E-state index < -0.39 is 12.1 Å². The fourth-order valence-electron chi connectivity index (χ4n) is 0.160. The number of hydrogen-bond acceptors (Lipinski definition) is 3. The summed E-state index contributed by atoms with van der Waals surface area (Å²) >= 11 is 0. The molecule has 0 aliphatic heterocycles. The summed E-state index contributed by atoms with van der Waals surface area (Å²) in [6.45, 7) is 1.28. The Morgan fingerprint density at radius 1 is 1.50 bits per heavy atom. The smallest absolute Gasteiger partial charge is 0.288 e. The molecule has 60 valence electrons. The molecule has 0 aromatic heterocycles. The third kappa shape index (κ3) is 3.29. The van der Waals surface area contributed by atoms with E-state index in [-0.39, 0.29) is 6.61 Å². The average Bonchev–Trinajstić information content (AvgIpc) is 1.80. The van der Waals surface area contributed by atoms with Gasteiger partial charge in [-0.1, -0.05) is 0 Å². The number of carbonyl (C=O) groups is 1. The van der Waals surface area contributed by atoms with Crippen LogP contribution in [0.2, 0.25) is 0 Å². The van der Waals surface area contributed by atoms with Gasteiger partial charge in [0.1, 0.15) is 0 Å². The number of carbonyl (C=O) groups excluding carboxylic acids is 1. The minimum atomic E-state index is -4.98. The second-order valence-electron chi connectivity index (χ2n) is 1.28. The van der Waals surface area contributed by atoms with E-state index in [1.54, 1.807) is 0 Å². The Morgan fingerprint density at radius 2 is 2.00 bits per heavy atom. The van der Waals surface area contributed by atoms with E-state index in [4.69, 9.17) is 0 Å². The first kappa shape index (κ1) is 9.22. The number of alkyl halides is 3. The molecule has 10 heavy (non-hydrogen) atoms. The monoisotopic (exact) mass is 158 g/mol. The van der Waals surface area contributed by atoms with Gasteiger partial charge < -0.3 is 0 Å². The van der Waals surface area contributed by atoms with Crippen molar-refractivity contribution in [3.63, 3.8) is 0 Å². The Bertz CT molecular complexity index is 119. The molecule has 0 fully saturated rings. The predicted octanol–water partition coefficient (Wildman–Crippen LogP) is 1.04. The van der Waals surface area contributed by atoms with Crippen molar-refractivity contribution in [1.82, 2.24) is 0 Å². The number of hydrogen-bond donors (Lipinski definition) is 0. The number of halogens is 3. The van der Waals surface area contributed by atoms with Crippen LogP contribution in [0.3, 0.4) is 0 Å². The van der Waals surface area contributed by atoms with Crippen molar-refractivity contribution in [1.29, 1.82) is 0 Å². The van der Waals surface area contributed by atoms with Crippen LogP contribution in [0.25, 0.3) is 0 Å². The first-order chi connectivity index (χ1) is 4.48. The fraction of sp³-hybridized carbons (Fsp3) is 0.750. The van der Waals surface area contributed by atoms with Crippen molar-refractivity contribution in [3.05, 3.63) is 0 Å². The van der Waals surface area contributed by atoms with E-state index in [0.29, 0.717) is 0 Å². The van der Waals surface area contributed by atoms with Gasteiger partial charge in [-0.2, -0.15) is 18.1 Å². The normalized spacial score (nSPS) is 11.2. The molecule has 0 rings (SSSR count). The van der Waals surface area contributed by atoms with E-state index in [2.05, 4.69) is 9.78 Å². The summed E-state index contributed by atoms with van der Waals surface area (Å²) < 4.78 is 33.7. The Morgan fingerprint density at radius 3 is 2.30 bits per heavy atom. The molecule has 3 nitrogen and oxygen atoms in total. The van der Waals surface area contributed by atoms with E-state index in [1.165, 1.54) is 6.92 Å². The minimum Gasteiger partial charge on any atom is -0.288 e. The average molecular weight is 158 g/mol. The maximum atomic E-state index is 11.2. The highest BCUT2D eigenvalue weighted by molar-refractivity contribution is 5.74. The predicted molar refractivity (Wildman–Crippen MR) is 23.8 cm³/mol. The zero-order chi connectivity index (χ0) is 8.20. The standard InChI is InChI=1S/C4H5F3O3/c1-2-9-10-3(8)4(5,6)7/h2H2,1H3. The van der Waals surface area contributed by atoms with E-state index in [0.717, 1.165) is 0 Å². The molecule has 0 saturated carbocycles. The van der Waals surface area contributed by atoms with Crippen molar-refractivity contribution < 1.29 is 27.7 Å². The second kappa shape index (κ2) is 3.40. The molecule has 0 aliphatic carbocycles. The zero-order valence-corrected chi connectivity index (χ0v) is 5.07. The van der Waals surface area contributed by atoms with Gasteiger partial charge in [0.25, 0.3) is 0 Å².